The van der Waals surface area contributed by atoms with Crippen LogP contribution in [0.25, 0.3) is 10.8 Å². The third kappa shape index (κ3) is 4.36. The third-order valence-corrected chi connectivity index (χ3v) is 4.92. The first-order chi connectivity index (χ1) is 13.9. The quantitative estimate of drug-likeness (QED) is 0.636. The van der Waals surface area contributed by atoms with Gasteiger partial charge in [0.1, 0.15) is 0 Å². The first-order valence-corrected chi connectivity index (χ1v) is 9.56. The number of hydrazine groups is 1. The van der Waals surface area contributed by atoms with E-state index in [9.17, 15) is 19.2 Å². The minimum Gasteiger partial charge on any atom is -0.351 e. The lowest BCUT2D eigenvalue weighted by molar-refractivity contribution is -0.127. The van der Waals surface area contributed by atoms with E-state index in [-0.39, 0.29) is 17.8 Å². The van der Waals surface area contributed by atoms with E-state index in [0.29, 0.717) is 43.1 Å². The zero-order valence-electron chi connectivity index (χ0n) is 16.2. The Morgan fingerprint density at radius 1 is 1.21 bits per heavy atom. The highest BCUT2D eigenvalue weighted by Crippen LogP contribution is 2.16. The zero-order chi connectivity index (χ0) is 21.0. The number of benzene rings is 1. The summed E-state index contributed by atoms with van der Waals surface area (Å²) in [6.07, 6.45) is 1.93. The van der Waals surface area contributed by atoms with Gasteiger partial charge in [-0.2, -0.15) is 5.10 Å². The Hall–Kier alpha value is -3.43. The summed E-state index contributed by atoms with van der Waals surface area (Å²) in [7, 11) is 0. The number of aromatic nitrogens is 2. The maximum absolute atomic E-state index is 12.7. The number of piperidine rings is 1. The topological polar surface area (TPSA) is 139 Å². The standard InChI is InChI=1S/C19H24N6O4/c1-2-9-25-18(28)14-8-4-3-7-13(14)15(23-25)17(27)22-21-16(26)12-6-5-10-24(11-12)19(20)29/h3-4,7-8,12H,2,5-6,9-11H2,1H3,(H2,20,29)(H,21,26)(H,22,27)/t12-/m0/s1. The molecule has 1 aliphatic rings. The minimum absolute atomic E-state index is 0.0522. The van der Waals surface area contributed by atoms with Crippen molar-refractivity contribution in [3.63, 3.8) is 0 Å². The van der Waals surface area contributed by atoms with Crippen LogP contribution >= 0.6 is 0 Å². The van der Waals surface area contributed by atoms with Gasteiger partial charge in [0.05, 0.1) is 11.3 Å². The molecule has 10 nitrogen and oxygen atoms in total. The molecule has 0 saturated carbocycles. The number of rotatable bonds is 4. The summed E-state index contributed by atoms with van der Waals surface area (Å²) in [6.45, 7) is 3.00. The molecule has 1 saturated heterocycles. The fourth-order valence-corrected chi connectivity index (χ4v) is 3.44. The number of nitrogens with two attached hydrogens (primary N) is 1. The van der Waals surface area contributed by atoms with Crippen LogP contribution in [0.1, 0.15) is 36.7 Å². The summed E-state index contributed by atoms with van der Waals surface area (Å²) in [5.74, 6) is -1.49. The molecule has 1 atom stereocenters. The molecule has 0 bridgehead atoms. The van der Waals surface area contributed by atoms with Gasteiger partial charge < -0.3 is 10.6 Å². The Morgan fingerprint density at radius 3 is 2.62 bits per heavy atom. The van der Waals surface area contributed by atoms with Gasteiger partial charge in [0.15, 0.2) is 5.69 Å². The number of amides is 4. The second-order valence-corrected chi connectivity index (χ2v) is 6.99. The van der Waals surface area contributed by atoms with Gasteiger partial charge in [0.2, 0.25) is 5.91 Å². The van der Waals surface area contributed by atoms with Crippen LogP contribution in [0.15, 0.2) is 29.1 Å². The van der Waals surface area contributed by atoms with Crippen molar-refractivity contribution in [1.29, 1.82) is 0 Å². The molecule has 4 amide bonds. The van der Waals surface area contributed by atoms with E-state index in [1.165, 1.54) is 9.58 Å². The Morgan fingerprint density at radius 2 is 1.93 bits per heavy atom. The molecular formula is C19H24N6O4. The Bertz CT molecular complexity index is 1000. The first-order valence-electron chi connectivity index (χ1n) is 9.56. The van der Waals surface area contributed by atoms with E-state index in [2.05, 4.69) is 16.0 Å². The first kappa shape index (κ1) is 20.3. The molecule has 2 heterocycles. The number of fused-ring (bicyclic) bond motifs is 1. The summed E-state index contributed by atoms with van der Waals surface area (Å²) in [5, 5.41) is 4.98. The van der Waals surface area contributed by atoms with E-state index >= 15 is 0 Å². The molecule has 0 unspecified atom stereocenters. The van der Waals surface area contributed by atoms with E-state index < -0.39 is 23.8 Å². The van der Waals surface area contributed by atoms with Crippen molar-refractivity contribution in [2.75, 3.05) is 13.1 Å². The van der Waals surface area contributed by atoms with Gasteiger partial charge in [0.25, 0.3) is 11.5 Å². The average Bonchev–Trinajstić information content (AvgIpc) is 2.74. The number of nitrogens with zero attached hydrogens (tertiary/aromatic N) is 3. The van der Waals surface area contributed by atoms with Gasteiger partial charge in [-0.05, 0) is 25.3 Å². The molecule has 10 heteroatoms. The van der Waals surface area contributed by atoms with Crippen molar-refractivity contribution in [2.24, 2.45) is 11.7 Å². The average molecular weight is 400 g/mol. The summed E-state index contributed by atoms with van der Waals surface area (Å²) >= 11 is 0. The third-order valence-electron chi connectivity index (χ3n) is 4.92. The van der Waals surface area contributed by atoms with Crippen LogP contribution < -0.4 is 22.1 Å². The molecular weight excluding hydrogens is 376 g/mol. The SMILES string of the molecule is CCCn1nc(C(=O)NNC(=O)[C@H]2CCCN(C(N)=O)C2)c2ccccc2c1=O. The molecule has 1 fully saturated rings. The van der Waals surface area contributed by atoms with Crippen LogP contribution in [-0.4, -0.2) is 45.6 Å². The van der Waals surface area contributed by atoms with Crippen LogP contribution in [0.2, 0.25) is 0 Å². The van der Waals surface area contributed by atoms with Crippen LogP contribution in [-0.2, 0) is 11.3 Å². The molecule has 154 valence electrons. The van der Waals surface area contributed by atoms with Crippen molar-refractivity contribution in [2.45, 2.75) is 32.7 Å². The van der Waals surface area contributed by atoms with Crippen molar-refractivity contribution >= 4 is 28.6 Å². The van der Waals surface area contributed by atoms with Gasteiger partial charge in [0, 0.05) is 25.0 Å². The van der Waals surface area contributed by atoms with Gasteiger partial charge in [-0.25, -0.2) is 9.48 Å². The van der Waals surface area contributed by atoms with Crippen LogP contribution in [0.5, 0.6) is 0 Å². The van der Waals surface area contributed by atoms with Gasteiger partial charge >= 0.3 is 6.03 Å². The predicted octanol–water partition coefficient (Wildman–Crippen LogP) is 0.358. The van der Waals surface area contributed by atoms with Gasteiger partial charge in [-0.15, -0.1) is 0 Å². The molecule has 0 aliphatic carbocycles. The number of nitrogens with one attached hydrogen (secondary N) is 2. The summed E-state index contributed by atoms with van der Waals surface area (Å²) in [5.41, 5.74) is 9.83. The summed E-state index contributed by atoms with van der Waals surface area (Å²) in [4.78, 5) is 50.3. The van der Waals surface area contributed by atoms with Crippen LogP contribution in [0.4, 0.5) is 4.79 Å². The summed E-state index contributed by atoms with van der Waals surface area (Å²) in [6, 6.07) is 6.14. The normalized spacial score (nSPS) is 16.4. The summed E-state index contributed by atoms with van der Waals surface area (Å²) < 4.78 is 1.25. The van der Waals surface area contributed by atoms with Crippen LogP contribution in [0.3, 0.4) is 0 Å². The Kier molecular flexibility index (Phi) is 6.10. The molecule has 0 spiro atoms. The maximum Gasteiger partial charge on any atom is 0.314 e. The monoisotopic (exact) mass is 400 g/mol. The second kappa shape index (κ2) is 8.72. The number of hydrogen-bond acceptors (Lipinski definition) is 5. The number of carbonyl (C=O) groups excluding carboxylic acids is 3. The Labute approximate surface area is 167 Å². The number of urea groups is 1. The number of aryl methyl sites for hydroxylation is 1. The van der Waals surface area contributed by atoms with E-state index in [1.807, 2.05) is 6.92 Å². The molecule has 1 aliphatic heterocycles. The smallest absolute Gasteiger partial charge is 0.314 e. The van der Waals surface area contributed by atoms with E-state index in [0.717, 1.165) is 0 Å². The van der Waals surface area contributed by atoms with Crippen LogP contribution in [0, 0.1) is 5.92 Å². The lowest BCUT2D eigenvalue weighted by Crippen LogP contribution is -2.51. The van der Waals surface area contributed by atoms with E-state index in [4.69, 9.17) is 5.73 Å². The molecule has 3 rings (SSSR count). The van der Waals surface area contributed by atoms with Gasteiger partial charge in [-0.1, -0.05) is 25.1 Å². The zero-order valence-corrected chi connectivity index (χ0v) is 16.2. The van der Waals surface area contributed by atoms with Crippen molar-refractivity contribution in [3.8, 4) is 0 Å². The highest BCUT2D eigenvalue weighted by Gasteiger charge is 2.28. The van der Waals surface area contributed by atoms with E-state index in [1.54, 1.807) is 24.3 Å². The number of carbonyl (C=O) groups is 3. The lowest BCUT2D eigenvalue weighted by atomic mass is 9.98. The predicted molar refractivity (Wildman–Crippen MR) is 106 cm³/mol. The number of primary amides is 1. The number of hydrogen-bond donors (Lipinski definition) is 3. The fourth-order valence-electron chi connectivity index (χ4n) is 3.44. The maximum atomic E-state index is 12.7. The molecule has 4 N–H and O–H groups in total. The number of likely N-dealkylation sites (tertiary alicyclic amines) is 1. The highest BCUT2D eigenvalue weighted by atomic mass is 16.2. The fraction of sp³-hybridized carbons (Fsp3) is 0.421. The molecule has 0 radical (unpaired) electrons. The highest BCUT2D eigenvalue weighted by molar-refractivity contribution is 6.05. The molecule has 1 aromatic carbocycles. The Balaban J connectivity index is 1.76. The van der Waals surface area contributed by atoms with Crippen molar-refractivity contribution < 1.29 is 14.4 Å². The second-order valence-electron chi connectivity index (χ2n) is 6.99. The van der Waals surface area contributed by atoms with Crippen molar-refractivity contribution in [3.05, 3.63) is 40.3 Å². The molecule has 29 heavy (non-hydrogen) atoms. The molecule has 2 aromatic rings. The molecule has 1 aromatic heterocycles. The van der Waals surface area contributed by atoms with Crippen molar-refractivity contribution in [1.82, 2.24) is 25.5 Å². The lowest BCUT2D eigenvalue weighted by Gasteiger charge is -2.30. The largest absolute Gasteiger partial charge is 0.351 e. The minimum atomic E-state index is -0.623. The van der Waals surface area contributed by atoms with Gasteiger partial charge in [-0.3, -0.25) is 25.2 Å².